The fourth-order valence-electron chi connectivity index (χ4n) is 2.36. The molecule has 4 heteroatoms. The standard InChI is InChI=1S/C22H21NO3/c1-17-7-9-19(10-8-17)23-22(24)16-26-21-13-11-20(12-14-21)25-15-18-5-3-2-4-6-18/h2-14H,15-16H2,1H3,(H,23,24). The average Bonchev–Trinajstić information content (AvgIpc) is 2.68. The van der Waals surface area contributed by atoms with E-state index >= 15 is 0 Å². The van der Waals surface area contributed by atoms with Crippen molar-refractivity contribution < 1.29 is 14.3 Å². The third-order valence-corrected chi connectivity index (χ3v) is 3.78. The van der Waals surface area contributed by atoms with Crippen LogP contribution in [-0.4, -0.2) is 12.5 Å². The second-order valence-electron chi connectivity index (χ2n) is 5.95. The topological polar surface area (TPSA) is 47.6 Å². The molecular formula is C22H21NO3. The largest absolute Gasteiger partial charge is 0.489 e. The van der Waals surface area contributed by atoms with Crippen LogP contribution in [0.3, 0.4) is 0 Å². The van der Waals surface area contributed by atoms with Crippen LogP contribution in [0.15, 0.2) is 78.9 Å². The van der Waals surface area contributed by atoms with Gasteiger partial charge in [0, 0.05) is 5.69 Å². The zero-order valence-electron chi connectivity index (χ0n) is 14.6. The minimum Gasteiger partial charge on any atom is -0.489 e. The third-order valence-electron chi connectivity index (χ3n) is 3.78. The summed E-state index contributed by atoms with van der Waals surface area (Å²) in [6.45, 7) is 2.47. The number of ether oxygens (including phenoxy) is 2. The SMILES string of the molecule is Cc1ccc(NC(=O)COc2ccc(OCc3ccccc3)cc2)cc1. The second-order valence-corrected chi connectivity index (χ2v) is 5.95. The lowest BCUT2D eigenvalue weighted by atomic mass is 10.2. The van der Waals surface area contributed by atoms with Crippen LogP contribution in [0.4, 0.5) is 5.69 Å². The van der Waals surface area contributed by atoms with Crippen LogP contribution in [0.25, 0.3) is 0 Å². The van der Waals surface area contributed by atoms with Crippen molar-refractivity contribution in [2.75, 3.05) is 11.9 Å². The van der Waals surface area contributed by atoms with Crippen molar-refractivity contribution in [3.8, 4) is 11.5 Å². The molecule has 3 rings (SSSR count). The molecule has 0 atom stereocenters. The smallest absolute Gasteiger partial charge is 0.262 e. The molecule has 0 fully saturated rings. The molecule has 1 N–H and O–H groups in total. The fourth-order valence-corrected chi connectivity index (χ4v) is 2.36. The zero-order chi connectivity index (χ0) is 18.2. The Labute approximate surface area is 153 Å². The van der Waals surface area contributed by atoms with Gasteiger partial charge in [-0.25, -0.2) is 0 Å². The summed E-state index contributed by atoms with van der Waals surface area (Å²) in [7, 11) is 0. The highest BCUT2D eigenvalue weighted by Crippen LogP contribution is 2.19. The number of nitrogens with one attached hydrogen (secondary N) is 1. The van der Waals surface area contributed by atoms with Crippen LogP contribution in [0.1, 0.15) is 11.1 Å². The van der Waals surface area contributed by atoms with Gasteiger partial charge in [0.1, 0.15) is 18.1 Å². The Morgan fingerprint density at radius 3 is 2.08 bits per heavy atom. The Bertz CT molecular complexity index is 828. The lowest BCUT2D eigenvalue weighted by Crippen LogP contribution is -2.20. The van der Waals surface area contributed by atoms with E-state index in [2.05, 4.69) is 5.32 Å². The maximum Gasteiger partial charge on any atom is 0.262 e. The first-order valence-corrected chi connectivity index (χ1v) is 8.45. The van der Waals surface area contributed by atoms with Gasteiger partial charge in [-0.3, -0.25) is 4.79 Å². The van der Waals surface area contributed by atoms with Crippen molar-refractivity contribution in [3.05, 3.63) is 90.0 Å². The number of anilines is 1. The summed E-state index contributed by atoms with van der Waals surface area (Å²) in [4.78, 5) is 11.9. The maximum absolute atomic E-state index is 11.9. The lowest BCUT2D eigenvalue weighted by molar-refractivity contribution is -0.118. The predicted octanol–water partition coefficient (Wildman–Crippen LogP) is 4.59. The Morgan fingerprint density at radius 2 is 1.42 bits per heavy atom. The summed E-state index contributed by atoms with van der Waals surface area (Å²) in [6.07, 6.45) is 0. The quantitative estimate of drug-likeness (QED) is 0.680. The molecule has 0 aliphatic rings. The maximum atomic E-state index is 11.9. The Morgan fingerprint density at radius 1 is 0.808 bits per heavy atom. The summed E-state index contributed by atoms with van der Waals surface area (Å²) in [6, 6.07) is 24.9. The summed E-state index contributed by atoms with van der Waals surface area (Å²) >= 11 is 0. The Balaban J connectivity index is 1.45. The van der Waals surface area contributed by atoms with Gasteiger partial charge in [0.25, 0.3) is 5.91 Å². The van der Waals surface area contributed by atoms with Crippen LogP contribution in [0.5, 0.6) is 11.5 Å². The molecule has 0 spiro atoms. The highest BCUT2D eigenvalue weighted by molar-refractivity contribution is 5.91. The van der Waals surface area contributed by atoms with Crippen molar-refractivity contribution in [2.45, 2.75) is 13.5 Å². The van der Waals surface area contributed by atoms with Crippen molar-refractivity contribution in [1.82, 2.24) is 0 Å². The number of benzene rings is 3. The predicted molar refractivity (Wildman–Crippen MR) is 103 cm³/mol. The van der Waals surface area contributed by atoms with E-state index in [1.165, 1.54) is 0 Å². The summed E-state index contributed by atoms with van der Waals surface area (Å²) in [5.74, 6) is 1.18. The van der Waals surface area contributed by atoms with Crippen LogP contribution in [-0.2, 0) is 11.4 Å². The highest BCUT2D eigenvalue weighted by Gasteiger charge is 2.04. The van der Waals surface area contributed by atoms with Crippen LogP contribution < -0.4 is 14.8 Å². The second kappa shape index (κ2) is 8.72. The molecule has 0 aliphatic carbocycles. The number of hydrogen-bond donors (Lipinski definition) is 1. The first kappa shape index (κ1) is 17.5. The van der Waals surface area contributed by atoms with Gasteiger partial charge in [-0.15, -0.1) is 0 Å². The molecule has 4 nitrogen and oxygen atoms in total. The third kappa shape index (κ3) is 5.38. The molecule has 0 saturated carbocycles. The van der Waals surface area contributed by atoms with Gasteiger partial charge in [0.05, 0.1) is 0 Å². The first-order chi connectivity index (χ1) is 12.7. The normalized spacial score (nSPS) is 10.2. The monoisotopic (exact) mass is 347 g/mol. The van der Waals surface area contributed by atoms with Crippen molar-refractivity contribution in [1.29, 1.82) is 0 Å². The Kier molecular flexibility index (Phi) is 5.88. The van der Waals surface area contributed by atoms with Gasteiger partial charge in [0.15, 0.2) is 6.61 Å². The number of rotatable bonds is 7. The van der Waals surface area contributed by atoms with Crippen molar-refractivity contribution >= 4 is 11.6 Å². The fraction of sp³-hybridized carbons (Fsp3) is 0.136. The molecule has 132 valence electrons. The van der Waals surface area contributed by atoms with Crippen LogP contribution in [0.2, 0.25) is 0 Å². The van der Waals surface area contributed by atoms with Crippen molar-refractivity contribution in [2.24, 2.45) is 0 Å². The van der Waals surface area contributed by atoms with Crippen molar-refractivity contribution in [3.63, 3.8) is 0 Å². The van der Waals surface area contributed by atoms with E-state index in [0.717, 1.165) is 22.6 Å². The molecule has 0 aliphatic heterocycles. The van der Waals surface area contributed by atoms with E-state index in [0.29, 0.717) is 12.4 Å². The minimum atomic E-state index is -0.196. The molecular weight excluding hydrogens is 326 g/mol. The number of carbonyl (C=O) groups excluding carboxylic acids is 1. The summed E-state index contributed by atoms with van der Waals surface area (Å²) < 4.78 is 11.2. The number of amides is 1. The molecule has 0 heterocycles. The molecule has 0 aromatic heterocycles. The molecule has 0 unspecified atom stereocenters. The van der Waals surface area contributed by atoms with Gasteiger partial charge >= 0.3 is 0 Å². The van der Waals surface area contributed by atoms with Gasteiger partial charge in [-0.2, -0.15) is 0 Å². The average molecular weight is 347 g/mol. The zero-order valence-corrected chi connectivity index (χ0v) is 14.6. The van der Waals surface area contributed by atoms with Gasteiger partial charge < -0.3 is 14.8 Å². The molecule has 1 amide bonds. The molecule has 3 aromatic carbocycles. The number of carbonyl (C=O) groups is 1. The molecule has 26 heavy (non-hydrogen) atoms. The van der Waals surface area contributed by atoms with E-state index in [1.54, 1.807) is 12.1 Å². The summed E-state index contributed by atoms with van der Waals surface area (Å²) in [5.41, 5.74) is 3.02. The van der Waals surface area contributed by atoms with Gasteiger partial charge in [-0.1, -0.05) is 48.0 Å². The van der Waals surface area contributed by atoms with Crippen LogP contribution >= 0.6 is 0 Å². The number of hydrogen-bond acceptors (Lipinski definition) is 3. The molecule has 3 aromatic rings. The molecule has 0 saturated heterocycles. The van der Waals surface area contributed by atoms with Crippen LogP contribution in [0, 0.1) is 6.92 Å². The van der Waals surface area contributed by atoms with E-state index in [1.807, 2.05) is 73.7 Å². The van der Waals surface area contributed by atoms with E-state index in [4.69, 9.17) is 9.47 Å². The molecule has 0 bridgehead atoms. The lowest BCUT2D eigenvalue weighted by Gasteiger charge is -2.09. The minimum absolute atomic E-state index is 0.0436. The Hall–Kier alpha value is -3.27. The highest BCUT2D eigenvalue weighted by atomic mass is 16.5. The van der Waals surface area contributed by atoms with E-state index in [-0.39, 0.29) is 12.5 Å². The van der Waals surface area contributed by atoms with Gasteiger partial charge in [-0.05, 0) is 48.9 Å². The molecule has 0 radical (unpaired) electrons. The van der Waals surface area contributed by atoms with E-state index < -0.39 is 0 Å². The summed E-state index contributed by atoms with van der Waals surface area (Å²) in [5, 5.41) is 2.80. The van der Waals surface area contributed by atoms with E-state index in [9.17, 15) is 4.79 Å². The number of aryl methyl sites for hydroxylation is 1. The van der Waals surface area contributed by atoms with Gasteiger partial charge in [0.2, 0.25) is 0 Å². The first-order valence-electron chi connectivity index (χ1n) is 8.45.